The number of aryl methyl sites for hydroxylation is 1. The Kier molecular flexibility index (Phi) is 4.54. The minimum absolute atomic E-state index is 0.0323. The zero-order valence-electron chi connectivity index (χ0n) is 17.1. The van der Waals surface area contributed by atoms with Crippen LogP contribution in [0.25, 0.3) is 16.6 Å². The highest BCUT2D eigenvalue weighted by molar-refractivity contribution is 6.08. The molecule has 1 aliphatic rings. The van der Waals surface area contributed by atoms with E-state index in [1.54, 1.807) is 29.4 Å². The molecule has 1 atom stereocenters. The van der Waals surface area contributed by atoms with Gasteiger partial charge in [-0.05, 0) is 56.2 Å². The summed E-state index contributed by atoms with van der Waals surface area (Å²) in [5, 5.41) is 11.6. The molecule has 31 heavy (non-hydrogen) atoms. The Morgan fingerprint density at radius 3 is 2.55 bits per heavy atom. The smallest absolute Gasteiger partial charge is 0.251 e. The van der Waals surface area contributed by atoms with Crippen molar-refractivity contribution < 1.29 is 9.59 Å². The number of benzene rings is 2. The van der Waals surface area contributed by atoms with E-state index >= 15 is 0 Å². The Labute approximate surface area is 178 Å². The average Bonchev–Trinajstić information content (AvgIpc) is 3.39. The number of carbonyl (C=O) groups excluding carboxylic acids is 2. The summed E-state index contributed by atoms with van der Waals surface area (Å²) in [6.45, 7) is 2.60. The normalized spacial score (nSPS) is 15.6. The fourth-order valence-electron chi connectivity index (χ4n) is 4.39. The highest BCUT2D eigenvalue weighted by atomic mass is 16.2. The van der Waals surface area contributed by atoms with E-state index < -0.39 is 5.91 Å². The second kappa shape index (κ2) is 7.39. The molecular weight excluding hydrogens is 392 g/mol. The van der Waals surface area contributed by atoms with E-state index in [4.69, 9.17) is 5.73 Å². The summed E-state index contributed by atoms with van der Waals surface area (Å²) in [5.41, 5.74) is 10.8. The highest BCUT2D eigenvalue weighted by Crippen LogP contribution is 2.31. The van der Waals surface area contributed by atoms with Crippen molar-refractivity contribution in [3.8, 4) is 5.69 Å². The van der Waals surface area contributed by atoms with Crippen LogP contribution in [0.3, 0.4) is 0 Å². The summed E-state index contributed by atoms with van der Waals surface area (Å²) in [6.07, 6.45) is 4.65. The molecule has 1 unspecified atom stereocenters. The molecule has 2 aromatic carbocycles. The predicted molar refractivity (Wildman–Crippen MR) is 116 cm³/mol. The Balaban J connectivity index is 1.37. The van der Waals surface area contributed by atoms with Gasteiger partial charge >= 0.3 is 0 Å². The molecular formula is C23H22N6O2. The van der Waals surface area contributed by atoms with Gasteiger partial charge in [-0.15, -0.1) is 10.2 Å². The maximum atomic E-state index is 12.8. The number of hydrogen-bond acceptors (Lipinski definition) is 4. The van der Waals surface area contributed by atoms with E-state index in [2.05, 4.69) is 20.1 Å². The van der Waals surface area contributed by atoms with Gasteiger partial charge in [-0.3, -0.25) is 14.2 Å². The number of aromatic nitrogens is 4. The largest absolute Gasteiger partial charge is 0.366 e. The summed E-state index contributed by atoms with van der Waals surface area (Å²) >= 11 is 0. The Morgan fingerprint density at radius 2 is 1.84 bits per heavy atom. The monoisotopic (exact) mass is 414 g/mol. The number of primary amides is 1. The number of carbonyl (C=O) groups is 2. The van der Waals surface area contributed by atoms with E-state index in [0.29, 0.717) is 24.1 Å². The van der Waals surface area contributed by atoms with Crippen LogP contribution in [0.5, 0.6) is 0 Å². The third-order valence-corrected chi connectivity index (χ3v) is 5.89. The van der Waals surface area contributed by atoms with Crippen molar-refractivity contribution in [1.29, 1.82) is 0 Å². The quantitative estimate of drug-likeness (QED) is 0.534. The second-order valence-corrected chi connectivity index (χ2v) is 7.94. The van der Waals surface area contributed by atoms with Crippen molar-refractivity contribution in [1.82, 2.24) is 24.6 Å². The third-order valence-electron chi connectivity index (χ3n) is 5.89. The Morgan fingerprint density at radius 1 is 1.10 bits per heavy atom. The van der Waals surface area contributed by atoms with Crippen LogP contribution in [0, 0.1) is 6.92 Å². The molecule has 2 aromatic heterocycles. The van der Waals surface area contributed by atoms with Gasteiger partial charge in [0.1, 0.15) is 12.7 Å². The first-order valence-electron chi connectivity index (χ1n) is 10.2. The van der Waals surface area contributed by atoms with Crippen molar-refractivity contribution >= 4 is 22.7 Å². The van der Waals surface area contributed by atoms with Gasteiger partial charge in [-0.2, -0.15) is 0 Å². The second-order valence-electron chi connectivity index (χ2n) is 7.94. The van der Waals surface area contributed by atoms with Crippen molar-refractivity contribution in [2.45, 2.75) is 32.4 Å². The molecule has 0 aliphatic carbocycles. The first-order valence-corrected chi connectivity index (χ1v) is 10.2. The minimum Gasteiger partial charge on any atom is -0.366 e. The number of nitrogens with zero attached hydrogens (tertiary/aromatic N) is 4. The van der Waals surface area contributed by atoms with Gasteiger partial charge in [0, 0.05) is 40.4 Å². The molecule has 8 heteroatoms. The van der Waals surface area contributed by atoms with Crippen molar-refractivity contribution in [3.63, 3.8) is 0 Å². The van der Waals surface area contributed by atoms with Gasteiger partial charge in [0.05, 0.1) is 5.56 Å². The molecule has 1 aliphatic heterocycles. The van der Waals surface area contributed by atoms with E-state index in [0.717, 1.165) is 34.3 Å². The predicted octanol–water partition coefficient (Wildman–Crippen LogP) is 2.37. The standard InChI is InChI=1S/C23H22N6O2/c1-14-2-8-19-18(10-14)21(22(24)30)20-9-5-16(11-29(19)20)27-23(31)15-3-6-17(7-4-15)28-12-25-26-13-28/h2-4,6-8,10,12-13,16H,5,9,11H2,1H3,(H2,24,30)(H,27,31). The Bertz CT molecular complexity index is 1290. The van der Waals surface area contributed by atoms with Gasteiger partial charge in [-0.25, -0.2) is 0 Å². The van der Waals surface area contributed by atoms with E-state index in [1.807, 2.05) is 37.3 Å². The molecule has 2 amide bonds. The molecule has 0 bridgehead atoms. The molecule has 4 aromatic rings. The number of nitrogens with one attached hydrogen (secondary N) is 1. The highest BCUT2D eigenvalue weighted by Gasteiger charge is 2.27. The molecule has 5 rings (SSSR count). The number of rotatable bonds is 4. The summed E-state index contributed by atoms with van der Waals surface area (Å²) < 4.78 is 3.90. The van der Waals surface area contributed by atoms with Crippen LogP contribution < -0.4 is 11.1 Å². The zero-order valence-corrected chi connectivity index (χ0v) is 17.1. The molecule has 8 nitrogen and oxygen atoms in total. The number of hydrogen-bond donors (Lipinski definition) is 2. The maximum Gasteiger partial charge on any atom is 0.251 e. The molecule has 0 saturated heterocycles. The van der Waals surface area contributed by atoms with E-state index in [9.17, 15) is 9.59 Å². The average molecular weight is 414 g/mol. The molecule has 0 radical (unpaired) electrons. The topological polar surface area (TPSA) is 108 Å². The SMILES string of the molecule is Cc1ccc2c(c1)c(C(N)=O)c1n2CC(NC(=O)c2ccc(-n3cnnc3)cc2)CC1. The van der Waals surface area contributed by atoms with Gasteiger partial charge in [0.25, 0.3) is 11.8 Å². The molecule has 0 fully saturated rings. The minimum atomic E-state index is -0.403. The van der Waals surface area contributed by atoms with Crippen molar-refractivity contribution in [2.24, 2.45) is 5.73 Å². The molecule has 3 N–H and O–H groups in total. The van der Waals surface area contributed by atoms with Gasteiger partial charge in [-0.1, -0.05) is 11.6 Å². The van der Waals surface area contributed by atoms with Crippen molar-refractivity contribution in [2.75, 3.05) is 0 Å². The molecule has 3 heterocycles. The third kappa shape index (κ3) is 3.35. The van der Waals surface area contributed by atoms with Gasteiger partial charge < -0.3 is 15.6 Å². The van der Waals surface area contributed by atoms with Gasteiger partial charge in [0.15, 0.2) is 0 Å². The fourth-order valence-corrected chi connectivity index (χ4v) is 4.39. The van der Waals surface area contributed by atoms with E-state index in [1.165, 1.54) is 0 Å². The van der Waals surface area contributed by atoms with Crippen LogP contribution in [0.1, 0.15) is 38.4 Å². The Hall–Kier alpha value is -3.94. The van der Waals surface area contributed by atoms with Gasteiger partial charge in [0.2, 0.25) is 0 Å². The lowest BCUT2D eigenvalue weighted by atomic mass is 10.0. The first-order chi connectivity index (χ1) is 15.0. The van der Waals surface area contributed by atoms with Crippen molar-refractivity contribution in [3.05, 3.63) is 77.5 Å². The fraction of sp³-hybridized carbons (Fsp3) is 0.217. The summed E-state index contributed by atoms with van der Waals surface area (Å²) in [7, 11) is 0. The van der Waals surface area contributed by atoms with Crippen LogP contribution in [-0.4, -0.2) is 37.2 Å². The summed E-state index contributed by atoms with van der Waals surface area (Å²) in [6, 6.07) is 13.3. The summed E-state index contributed by atoms with van der Waals surface area (Å²) in [4.78, 5) is 25.0. The lowest BCUT2D eigenvalue weighted by Gasteiger charge is -2.26. The molecule has 0 saturated carbocycles. The summed E-state index contributed by atoms with van der Waals surface area (Å²) in [5.74, 6) is -0.522. The number of nitrogens with two attached hydrogens (primary N) is 1. The van der Waals surface area contributed by atoms with E-state index in [-0.39, 0.29) is 11.9 Å². The lowest BCUT2D eigenvalue weighted by Crippen LogP contribution is -2.41. The molecule has 0 spiro atoms. The zero-order chi connectivity index (χ0) is 21.5. The number of amides is 2. The van der Waals surface area contributed by atoms with Crippen LogP contribution in [0.2, 0.25) is 0 Å². The van der Waals surface area contributed by atoms with Crippen LogP contribution in [0.4, 0.5) is 0 Å². The van der Waals surface area contributed by atoms with Crippen LogP contribution in [-0.2, 0) is 13.0 Å². The van der Waals surface area contributed by atoms with Crippen LogP contribution in [0.15, 0.2) is 55.1 Å². The maximum absolute atomic E-state index is 12.8. The molecule has 156 valence electrons. The van der Waals surface area contributed by atoms with Crippen LogP contribution >= 0.6 is 0 Å². The number of fused-ring (bicyclic) bond motifs is 3. The first kappa shape index (κ1) is 19.0. The lowest BCUT2D eigenvalue weighted by molar-refractivity contribution is 0.0925.